The lowest BCUT2D eigenvalue weighted by Gasteiger charge is -2.32. The van der Waals surface area contributed by atoms with Gasteiger partial charge in [-0.3, -0.25) is 9.69 Å². The first-order valence-corrected chi connectivity index (χ1v) is 8.10. The zero-order valence-corrected chi connectivity index (χ0v) is 14.6. The molecule has 122 valence electrons. The molecule has 2 fully saturated rings. The second kappa shape index (κ2) is 7.84. The van der Waals surface area contributed by atoms with E-state index in [1.165, 1.54) is 0 Å². The van der Waals surface area contributed by atoms with Gasteiger partial charge >= 0.3 is 0 Å². The molecule has 0 saturated carbocycles. The number of likely N-dealkylation sites (tertiary alicyclic amines) is 1. The third-order valence-electron chi connectivity index (χ3n) is 4.30. The molecule has 2 aliphatic rings. The maximum Gasteiger partial charge on any atom is 0.255 e. The fourth-order valence-electron chi connectivity index (χ4n) is 3.11. The average Bonchev–Trinajstić information content (AvgIpc) is 3.00. The maximum absolute atomic E-state index is 12.6. The molecule has 2 saturated heterocycles. The molecule has 0 bridgehead atoms. The maximum atomic E-state index is 12.6. The van der Waals surface area contributed by atoms with Gasteiger partial charge in [-0.1, -0.05) is 29.3 Å². The minimum absolute atomic E-state index is 0. The Morgan fingerprint density at radius 2 is 1.91 bits per heavy atom. The van der Waals surface area contributed by atoms with Crippen LogP contribution in [0.25, 0.3) is 0 Å². The van der Waals surface area contributed by atoms with Crippen molar-refractivity contribution in [2.75, 3.05) is 39.3 Å². The number of halogens is 3. The molecule has 0 spiro atoms. The Morgan fingerprint density at radius 1 is 1.18 bits per heavy atom. The van der Waals surface area contributed by atoms with E-state index in [2.05, 4.69) is 10.2 Å². The molecule has 4 nitrogen and oxygen atoms in total. The van der Waals surface area contributed by atoms with Crippen LogP contribution in [0, 0.1) is 0 Å². The lowest BCUT2D eigenvalue weighted by molar-refractivity contribution is 0.0773. The lowest BCUT2D eigenvalue weighted by atomic mass is 10.2. The first kappa shape index (κ1) is 17.8. The van der Waals surface area contributed by atoms with Gasteiger partial charge in [-0.15, -0.1) is 12.4 Å². The minimum atomic E-state index is -0.0138. The number of carbonyl (C=O) groups excluding carboxylic acids is 1. The van der Waals surface area contributed by atoms with E-state index >= 15 is 0 Å². The fraction of sp³-hybridized carbons (Fsp3) is 0.533. The van der Waals surface area contributed by atoms with Crippen LogP contribution >= 0.6 is 35.6 Å². The topological polar surface area (TPSA) is 35.6 Å². The van der Waals surface area contributed by atoms with E-state index in [1.807, 2.05) is 4.90 Å². The number of rotatable bonds is 2. The van der Waals surface area contributed by atoms with E-state index in [0.717, 1.165) is 45.7 Å². The van der Waals surface area contributed by atoms with Gasteiger partial charge in [0.25, 0.3) is 5.91 Å². The molecule has 1 aromatic rings. The van der Waals surface area contributed by atoms with Crippen molar-refractivity contribution in [3.05, 3.63) is 33.8 Å². The van der Waals surface area contributed by atoms with E-state index in [4.69, 9.17) is 23.2 Å². The Bertz CT molecular complexity index is 535. The van der Waals surface area contributed by atoms with Gasteiger partial charge in [0.1, 0.15) is 0 Å². The van der Waals surface area contributed by atoms with Crippen LogP contribution in [0.5, 0.6) is 0 Å². The standard InChI is InChI=1S/C15H19Cl2N3O.ClH/c16-13-3-1-2-12(14(13)17)15(21)20-7-4-11(10-20)19-8-5-18-6-9-19;/h1-3,11,18H,4-10H2;1H. The largest absolute Gasteiger partial charge is 0.337 e. The number of piperazine rings is 1. The van der Waals surface area contributed by atoms with Crippen molar-refractivity contribution in [1.82, 2.24) is 15.1 Å². The van der Waals surface area contributed by atoms with Crippen molar-refractivity contribution in [2.45, 2.75) is 12.5 Å². The quantitative estimate of drug-likeness (QED) is 0.876. The van der Waals surface area contributed by atoms with Gasteiger partial charge in [-0.25, -0.2) is 0 Å². The van der Waals surface area contributed by atoms with E-state index in [1.54, 1.807) is 18.2 Å². The average molecular weight is 365 g/mol. The molecule has 2 heterocycles. The second-order valence-electron chi connectivity index (χ2n) is 5.58. The summed E-state index contributed by atoms with van der Waals surface area (Å²) in [4.78, 5) is 17.0. The molecule has 1 atom stereocenters. The molecule has 1 aromatic carbocycles. The number of benzene rings is 1. The minimum Gasteiger partial charge on any atom is -0.337 e. The Balaban J connectivity index is 0.00000176. The Morgan fingerprint density at radius 3 is 2.64 bits per heavy atom. The van der Waals surface area contributed by atoms with Crippen LogP contribution in [0.15, 0.2) is 18.2 Å². The normalized spacial score (nSPS) is 22.5. The van der Waals surface area contributed by atoms with Crippen LogP contribution in [-0.4, -0.2) is 61.0 Å². The SMILES string of the molecule is Cl.O=C(c1cccc(Cl)c1Cl)N1CCC(N2CCNCC2)C1. The van der Waals surface area contributed by atoms with Gasteiger partial charge in [0.05, 0.1) is 15.6 Å². The number of hydrogen-bond acceptors (Lipinski definition) is 3. The smallest absolute Gasteiger partial charge is 0.255 e. The van der Waals surface area contributed by atoms with Gasteiger partial charge in [-0.2, -0.15) is 0 Å². The van der Waals surface area contributed by atoms with Gasteiger partial charge < -0.3 is 10.2 Å². The van der Waals surface area contributed by atoms with Crippen molar-refractivity contribution in [3.8, 4) is 0 Å². The molecule has 0 radical (unpaired) electrons. The van der Waals surface area contributed by atoms with E-state index in [-0.39, 0.29) is 18.3 Å². The molecule has 22 heavy (non-hydrogen) atoms. The summed E-state index contributed by atoms with van der Waals surface area (Å²) in [6.45, 7) is 5.75. The van der Waals surface area contributed by atoms with Crippen LogP contribution in [-0.2, 0) is 0 Å². The molecule has 1 unspecified atom stereocenters. The summed E-state index contributed by atoms with van der Waals surface area (Å²) in [5, 5.41) is 4.14. The molecule has 1 amide bonds. The molecule has 0 aromatic heterocycles. The highest BCUT2D eigenvalue weighted by Crippen LogP contribution is 2.28. The second-order valence-corrected chi connectivity index (χ2v) is 6.37. The molecule has 1 N–H and O–H groups in total. The van der Waals surface area contributed by atoms with E-state index < -0.39 is 0 Å². The Labute approximate surface area is 147 Å². The molecule has 0 aliphatic carbocycles. The molecule has 2 aliphatic heterocycles. The van der Waals surface area contributed by atoms with Crippen molar-refractivity contribution in [2.24, 2.45) is 0 Å². The van der Waals surface area contributed by atoms with Crippen molar-refractivity contribution in [1.29, 1.82) is 0 Å². The summed E-state index contributed by atoms with van der Waals surface area (Å²) in [5.41, 5.74) is 0.505. The first-order chi connectivity index (χ1) is 10.2. The van der Waals surface area contributed by atoms with Crippen LogP contribution in [0.3, 0.4) is 0 Å². The third kappa shape index (κ3) is 3.69. The predicted octanol–water partition coefficient (Wildman–Crippen LogP) is 2.53. The van der Waals surface area contributed by atoms with Crippen LogP contribution in [0.2, 0.25) is 10.0 Å². The van der Waals surface area contributed by atoms with Gasteiger partial charge in [0, 0.05) is 45.3 Å². The zero-order valence-electron chi connectivity index (χ0n) is 12.2. The van der Waals surface area contributed by atoms with Crippen LogP contribution in [0.1, 0.15) is 16.8 Å². The summed E-state index contributed by atoms with van der Waals surface area (Å²) in [6, 6.07) is 5.68. The van der Waals surface area contributed by atoms with Gasteiger partial charge in [-0.05, 0) is 18.6 Å². The number of amides is 1. The first-order valence-electron chi connectivity index (χ1n) is 7.35. The van der Waals surface area contributed by atoms with Crippen molar-refractivity contribution >= 4 is 41.5 Å². The summed E-state index contributed by atoms with van der Waals surface area (Å²) in [7, 11) is 0. The van der Waals surface area contributed by atoms with Crippen LogP contribution in [0.4, 0.5) is 0 Å². The number of carbonyl (C=O) groups is 1. The van der Waals surface area contributed by atoms with Gasteiger partial charge in [0.15, 0.2) is 0 Å². The highest BCUT2D eigenvalue weighted by atomic mass is 35.5. The summed E-state index contributed by atoms with van der Waals surface area (Å²) >= 11 is 12.2. The molecule has 3 rings (SSSR count). The Hall–Kier alpha value is -0.520. The zero-order chi connectivity index (χ0) is 14.8. The number of hydrogen-bond donors (Lipinski definition) is 1. The lowest BCUT2D eigenvalue weighted by Crippen LogP contribution is -2.49. The fourth-order valence-corrected chi connectivity index (χ4v) is 3.49. The molecular weight excluding hydrogens is 345 g/mol. The summed E-state index contributed by atoms with van der Waals surface area (Å²) in [5.74, 6) is -0.0138. The van der Waals surface area contributed by atoms with Crippen molar-refractivity contribution < 1.29 is 4.79 Å². The number of nitrogens with one attached hydrogen (secondary N) is 1. The highest BCUT2D eigenvalue weighted by molar-refractivity contribution is 6.43. The molecule has 7 heteroatoms. The summed E-state index contributed by atoms with van der Waals surface area (Å²) in [6.07, 6.45) is 1.03. The van der Waals surface area contributed by atoms with E-state index in [9.17, 15) is 4.79 Å². The molecular formula is C15H20Cl3N3O. The monoisotopic (exact) mass is 363 g/mol. The van der Waals surface area contributed by atoms with Crippen molar-refractivity contribution in [3.63, 3.8) is 0 Å². The van der Waals surface area contributed by atoms with Crippen LogP contribution < -0.4 is 5.32 Å². The number of nitrogens with zero attached hydrogens (tertiary/aromatic N) is 2. The Kier molecular flexibility index (Phi) is 6.36. The third-order valence-corrected chi connectivity index (χ3v) is 5.12. The van der Waals surface area contributed by atoms with E-state index in [0.29, 0.717) is 21.7 Å². The van der Waals surface area contributed by atoms with Gasteiger partial charge in [0.2, 0.25) is 0 Å². The predicted molar refractivity (Wildman–Crippen MR) is 92.5 cm³/mol. The highest BCUT2D eigenvalue weighted by Gasteiger charge is 2.32. The summed E-state index contributed by atoms with van der Waals surface area (Å²) < 4.78 is 0.